The number of carbonyl (C=O) groups excluding carboxylic acids is 1. The SMILES string of the molecule is O=C(Nc1ccc(NS(=O)(=O)c2ccc(F)c(F)c2)cc1)c1ccc(F)cc1Cl. The van der Waals surface area contributed by atoms with Crippen LogP contribution >= 0.6 is 11.6 Å². The molecule has 0 unspecified atom stereocenters. The van der Waals surface area contributed by atoms with Gasteiger partial charge in [-0.15, -0.1) is 0 Å². The van der Waals surface area contributed by atoms with Crippen LogP contribution in [0.1, 0.15) is 10.4 Å². The number of amides is 1. The maximum Gasteiger partial charge on any atom is 0.261 e. The van der Waals surface area contributed by atoms with Crippen LogP contribution in [-0.2, 0) is 10.0 Å². The molecule has 0 atom stereocenters. The minimum atomic E-state index is -4.14. The van der Waals surface area contributed by atoms with Gasteiger partial charge in [0, 0.05) is 11.4 Å². The molecule has 150 valence electrons. The zero-order chi connectivity index (χ0) is 21.2. The molecule has 29 heavy (non-hydrogen) atoms. The fourth-order valence-electron chi connectivity index (χ4n) is 2.35. The Balaban J connectivity index is 1.72. The van der Waals surface area contributed by atoms with Gasteiger partial charge in [-0.3, -0.25) is 9.52 Å². The Bertz CT molecular complexity index is 1190. The number of hydrogen-bond donors (Lipinski definition) is 2. The van der Waals surface area contributed by atoms with Gasteiger partial charge in [0.25, 0.3) is 15.9 Å². The van der Waals surface area contributed by atoms with Crippen LogP contribution in [0.5, 0.6) is 0 Å². The molecular weight excluding hydrogens is 429 g/mol. The lowest BCUT2D eigenvalue weighted by Crippen LogP contribution is -2.14. The largest absolute Gasteiger partial charge is 0.322 e. The van der Waals surface area contributed by atoms with E-state index < -0.39 is 38.3 Å². The van der Waals surface area contributed by atoms with Gasteiger partial charge in [-0.1, -0.05) is 11.6 Å². The summed E-state index contributed by atoms with van der Waals surface area (Å²) < 4.78 is 66.1. The van der Waals surface area contributed by atoms with E-state index in [2.05, 4.69) is 10.0 Å². The third-order valence-corrected chi connectivity index (χ3v) is 5.46. The van der Waals surface area contributed by atoms with Gasteiger partial charge in [0.15, 0.2) is 11.6 Å². The average Bonchev–Trinajstić information content (AvgIpc) is 2.65. The Morgan fingerprint density at radius 2 is 1.48 bits per heavy atom. The number of nitrogens with one attached hydrogen (secondary N) is 2. The summed E-state index contributed by atoms with van der Waals surface area (Å²) in [6.45, 7) is 0. The van der Waals surface area contributed by atoms with Crippen molar-refractivity contribution in [2.45, 2.75) is 4.90 Å². The van der Waals surface area contributed by atoms with Crippen LogP contribution in [0.15, 0.2) is 65.6 Å². The molecule has 0 bridgehead atoms. The summed E-state index contributed by atoms with van der Waals surface area (Å²) in [5.41, 5.74) is 0.523. The van der Waals surface area contributed by atoms with Crippen LogP contribution < -0.4 is 10.0 Å². The number of benzene rings is 3. The maximum atomic E-state index is 13.3. The molecule has 0 heterocycles. The van der Waals surface area contributed by atoms with Gasteiger partial charge in [0.05, 0.1) is 15.5 Å². The molecule has 2 N–H and O–H groups in total. The number of hydrogen-bond acceptors (Lipinski definition) is 3. The first-order chi connectivity index (χ1) is 13.7. The van der Waals surface area contributed by atoms with E-state index in [1.165, 1.54) is 30.3 Å². The molecule has 10 heteroatoms. The molecule has 0 aromatic heterocycles. The molecule has 0 aliphatic heterocycles. The highest BCUT2D eigenvalue weighted by atomic mass is 35.5. The second-order valence-electron chi connectivity index (χ2n) is 5.84. The van der Waals surface area contributed by atoms with Crippen LogP contribution in [0, 0.1) is 17.5 Å². The van der Waals surface area contributed by atoms with E-state index in [1.807, 2.05) is 0 Å². The molecule has 3 aromatic carbocycles. The van der Waals surface area contributed by atoms with E-state index >= 15 is 0 Å². The number of rotatable bonds is 5. The lowest BCUT2D eigenvalue weighted by Gasteiger charge is -2.10. The second-order valence-corrected chi connectivity index (χ2v) is 7.93. The topological polar surface area (TPSA) is 75.3 Å². The molecule has 3 aromatic rings. The molecule has 0 saturated heterocycles. The minimum Gasteiger partial charge on any atom is -0.322 e. The van der Waals surface area contributed by atoms with E-state index in [0.29, 0.717) is 17.8 Å². The van der Waals surface area contributed by atoms with E-state index in [1.54, 1.807) is 0 Å². The Morgan fingerprint density at radius 3 is 2.10 bits per heavy atom. The summed E-state index contributed by atoms with van der Waals surface area (Å²) in [6.07, 6.45) is 0. The quantitative estimate of drug-likeness (QED) is 0.597. The van der Waals surface area contributed by atoms with Gasteiger partial charge in [-0.25, -0.2) is 21.6 Å². The summed E-state index contributed by atoms with van der Waals surface area (Å²) in [4.78, 5) is 11.8. The molecule has 0 spiro atoms. The Hall–Kier alpha value is -3.04. The Labute approximate surface area is 169 Å². The highest BCUT2D eigenvalue weighted by Gasteiger charge is 2.17. The van der Waals surface area contributed by atoms with E-state index in [9.17, 15) is 26.4 Å². The van der Waals surface area contributed by atoms with Crippen molar-refractivity contribution in [3.63, 3.8) is 0 Å². The third-order valence-electron chi connectivity index (χ3n) is 3.77. The summed E-state index contributed by atoms with van der Waals surface area (Å²) in [5, 5.41) is 2.48. The first-order valence-corrected chi connectivity index (χ1v) is 9.86. The standard InChI is InChI=1S/C19H12ClF3N2O3S/c20-16-9-11(21)1-7-15(16)19(26)24-12-2-4-13(5-3-12)25-29(27,28)14-6-8-17(22)18(23)10-14/h1-10,25H,(H,24,26). The molecule has 0 radical (unpaired) electrons. The molecule has 0 aliphatic carbocycles. The Kier molecular flexibility index (Phi) is 5.81. The van der Waals surface area contributed by atoms with Gasteiger partial charge in [-0.05, 0) is 60.7 Å². The fourth-order valence-corrected chi connectivity index (χ4v) is 3.67. The molecule has 3 rings (SSSR count). The van der Waals surface area contributed by atoms with Crippen molar-refractivity contribution >= 4 is 38.9 Å². The summed E-state index contributed by atoms with van der Waals surface area (Å²) in [5.74, 6) is -3.61. The van der Waals surface area contributed by atoms with Gasteiger partial charge < -0.3 is 5.32 Å². The summed E-state index contributed by atoms with van der Waals surface area (Å²) >= 11 is 5.84. The minimum absolute atomic E-state index is 0.0570. The van der Waals surface area contributed by atoms with Crippen LogP contribution in [0.2, 0.25) is 5.02 Å². The van der Waals surface area contributed by atoms with Crippen molar-refractivity contribution in [2.75, 3.05) is 10.0 Å². The second kappa shape index (κ2) is 8.14. The number of anilines is 2. The van der Waals surface area contributed by atoms with Crippen LogP contribution in [-0.4, -0.2) is 14.3 Å². The number of carbonyl (C=O) groups is 1. The van der Waals surface area contributed by atoms with Gasteiger partial charge in [0.2, 0.25) is 0 Å². The van der Waals surface area contributed by atoms with Crippen molar-refractivity contribution < 1.29 is 26.4 Å². The highest BCUT2D eigenvalue weighted by Crippen LogP contribution is 2.22. The maximum absolute atomic E-state index is 13.3. The summed E-state index contributed by atoms with van der Waals surface area (Å²) in [7, 11) is -4.14. The first-order valence-electron chi connectivity index (χ1n) is 8.00. The molecule has 0 aliphatic rings. The van der Waals surface area contributed by atoms with Gasteiger partial charge >= 0.3 is 0 Å². The first kappa shape index (κ1) is 20.7. The van der Waals surface area contributed by atoms with Crippen molar-refractivity contribution in [1.82, 2.24) is 0 Å². The monoisotopic (exact) mass is 440 g/mol. The van der Waals surface area contributed by atoms with Crippen LogP contribution in [0.4, 0.5) is 24.5 Å². The molecule has 0 fully saturated rings. The Morgan fingerprint density at radius 1 is 0.828 bits per heavy atom. The highest BCUT2D eigenvalue weighted by molar-refractivity contribution is 7.92. The summed E-state index contributed by atoms with van der Waals surface area (Å²) in [6, 6.07) is 11.1. The number of sulfonamides is 1. The van der Waals surface area contributed by atoms with E-state index in [-0.39, 0.29) is 16.3 Å². The van der Waals surface area contributed by atoms with Crippen molar-refractivity contribution in [3.05, 3.63) is 88.7 Å². The fraction of sp³-hybridized carbons (Fsp3) is 0. The van der Waals surface area contributed by atoms with Gasteiger partial charge in [-0.2, -0.15) is 0 Å². The van der Waals surface area contributed by atoms with E-state index in [4.69, 9.17) is 11.6 Å². The van der Waals surface area contributed by atoms with Crippen LogP contribution in [0.3, 0.4) is 0 Å². The van der Waals surface area contributed by atoms with Crippen molar-refractivity contribution in [3.8, 4) is 0 Å². The average molecular weight is 441 g/mol. The van der Waals surface area contributed by atoms with Crippen molar-refractivity contribution in [2.24, 2.45) is 0 Å². The smallest absolute Gasteiger partial charge is 0.261 e. The molecule has 1 amide bonds. The van der Waals surface area contributed by atoms with E-state index in [0.717, 1.165) is 18.2 Å². The zero-order valence-corrected chi connectivity index (χ0v) is 16.0. The lowest BCUT2D eigenvalue weighted by molar-refractivity contribution is 0.102. The number of halogens is 4. The van der Waals surface area contributed by atoms with Gasteiger partial charge in [0.1, 0.15) is 5.82 Å². The van der Waals surface area contributed by atoms with Crippen LogP contribution in [0.25, 0.3) is 0 Å². The predicted octanol–water partition coefficient (Wildman–Crippen LogP) is 4.81. The molecule has 0 saturated carbocycles. The predicted molar refractivity (Wildman–Crippen MR) is 103 cm³/mol. The van der Waals surface area contributed by atoms with Crippen molar-refractivity contribution in [1.29, 1.82) is 0 Å². The zero-order valence-electron chi connectivity index (χ0n) is 14.4. The molecular formula is C19H12ClF3N2O3S. The third kappa shape index (κ3) is 4.87. The molecule has 5 nitrogen and oxygen atoms in total. The lowest BCUT2D eigenvalue weighted by atomic mass is 10.2. The normalized spacial score (nSPS) is 11.2.